The Labute approximate surface area is 183 Å². The SMILES string of the molecule is Clc1ccc(-c2c[n+]3c(-c4ccccc4)cn(N=Cc4ccccc4)c3[nH]2)c(Cl)c1. The molecule has 30 heavy (non-hydrogen) atoms. The number of imidazole rings is 2. The van der Waals surface area contributed by atoms with Gasteiger partial charge in [0, 0.05) is 16.1 Å². The Bertz CT molecular complexity index is 1350. The lowest BCUT2D eigenvalue weighted by Crippen LogP contribution is -2.18. The Hall–Kier alpha value is -3.34. The van der Waals surface area contributed by atoms with Crippen molar-refractivity contribution in [3.05, 3.63) is 107 Å². The molecule has 0 fully saturated rings. The molecular formula is C24H17Cl2N4+. The lowest BCUT2D eigenvalue weighted by molar-refractivity contribution is -0.496. The van der Waals surface area contributed by atoms with Crippen molar-refractivity contribution in [2.75, 3.05) is 0 Å². The molecule has 0 aliphatic heterocycles. The van der Waals surface area contributed by atoms with Crippen molar-refractivity contribution in [1.82, 2.24) is 9.66 Å². The predicted octanol–water partition coefficient (Wildman–Crippen LogP) is 6.08. The molecule has 0 unspecified atom stereocenters. The second kappa shape index (κ2) is 7.82. The quantitative estimate of drug-likeness (QED) is 0.264. The van der Waals surface area contributed by atoms with E-state index in [9.17, 15) is 0 Å². The number of fused-ring (bicyclic) bond motifs is 1. The summed E-state index contributed by atoms with van der Waals surface area (Å²) in [6.07, 6.45) is 5.87. The number of aromatic amines is 1. The summed E-state index contributed by atoms with van der Waals surface area (Å²) in [5.74, 6) is 0.821. The Morgan fingerprint density at radius 2 is 1.63 bits per heavy atom. The number of H-pyrrole nitrogens is 1. The van der Waals surface area contributed by atoms with Gasteiger partial charge < -0.3 is 0 Å². The van der Waals surface area contributed by atoms with Gasteiger partial charge in [-0.15, -0.1) is 9.78 Å². The number of benzene rings is 3. The minimum atomic E-state index is 0.590. The van der Waals surface area contributed by atoms with Gasteiger partial charge in [0.15, 0.2) is 0 Å². The molecule has 4 nitrogen and oxygen atoms in total. The molecule has 146 valence electrons. The maximum Gasteiger partial charge on any atom is 0.391 e. The average Bonchev–Trinajstić information content (AvgIpc) is 3.33. The fourth-order valence-electron chi connectivity index (χ4n) is 3.42. The molecule has 0 spiro atoms. The zero-order valence-corrected chi connectivity index (χ0v) is 17.3. The summed E-state index contributed by atoms with van der Waals surface area (Å²) in [4.78, 5) is 3.45. The number of halogens is 2. The summed E-state index contributed by atoms with van der Waals surface area (Å²) in [6.45, 7) is 0. The van der Waals surface area contributed by atoms with E-state index in [0.29, 0.717) is 10.0 Å². The minimum Gasteiger partial charge on any atom is -0.239 e. The van der Waals surface area contributed by atoms with Gasteiger partial charge in [-0.05, 0) is 23.8 Å². The molecule has 2 heterocycles. The van der Waals surface area contributed by atoms with Gasteiger partial charge >= 0.3 is 5.78 Å². The molecule has 0 amide bonds. The van der Waals surface area contributed by atoms with Crippen LogP contribution in [0.1, 0.15) is 5.56 Å². The zero-order chi connectivity index (χ0) is 20.5. The summed E-state index contributed by atoms with van der Waals surface area (Å²) < 4.78 is 3.92. The van der Waals surface area contributed by atoms with Gasteiger partial charge in [-0.2, -0.15) is 4.40 Å². The highest BCUT2D eigenvalue weighted by atomic mass is 35.5. The zero-order valence-electron chi connectivity index (χ0n) is 15.8. The maximum absolute atomic E-state index is 6.45. The number of rotatable bonds is 4. The van der Waals surface area contributed by atoms with Gasteiger partial charge in [0.05, 0.1) is 11.2 Å². The van der Waals surface area contributed by atoms with Gasteiger partial charge in [-0.25, -0.2) is 4.98 Å². The monoisotopic (exact) mass is 431 g/mol. The topological polar surface area (TPSA) is 37.2 Å². The van der Waals surface area contributed by atoms with Crippen LogP contribution in [0.3, 0.4) is 0 Å². The minimum absolute atomic E-state index is 0.590. The van der Waals surface area contributed by atoms with E-state index in [2.05, 4.69) is 26.6 Å². The summed E-state index contributed by atoms with van der Waals surface area (Å²) in [5, 5.41) is 5.88. The Morgan fingerprint density at radius 1 is 0.900 bits per heavy atom. The largest absolute Gasteiger partial charge is 0.391 e. The summed E-state index contributed by atoms with van der Waals surface area (Å²) >= 11 is 12.5. The summed E-state index contributed by atoms with van der Waals surface area (Å²) in [7, 11) is 0. The third kappa shape index (κ3) is 3.52. The van der Waals surface area contributed by atoms with Gasteiger partial charge in [-0.1, -0.05) is 83.9 Å². The van der Waals surface area contributed by atoms with Crippen LogP contribution in [-0.2, 0) is 0 Å². The molecule has 0 bridgehead atoms. The van der Waals surface area contributed by atoms with Crippen molar-refractivity contribution in [1.29, 1.82) is 0 Å². The molecule has 3 aromatic carbocycles. The molecule has 6 heteroatoms. The third-order valence-corrected chi connectivity index (χ3v) is 5.42. The van der Waals surface area contributed by atoms with Crippen LogP contribution in [0.5, 0.6) is 0 Å². The van der Waals surface area contributed by atoms with Crippen molar-refractivity contribution in [2.45, 2.75) is 0 Å². The Morgan fingerprint density at radius 3 is 2.37 bits per heavy atom. The normalized spacial score (nSPS) is 11.5. The highest BCUT2D eigenvalue weighted by Gasteiger charge is 2.22. The molecule has 0 saturated heterocycles. The van der Waals surface area contributed by atoms with Crippen molar-refractivity contribution in [3.63, 3.8) is 0 Å². The third-order valence-electron chi connectivity index (χ3n) is 4.88. The summed E-state index contributed by atoms with van der Waals surface area (Å²) in [6, 6.07) is 25.7. The van der Waals surface area contributed by atoms with Crippen molar-refractivity contribution < 1.29 is 4.40 Å². The van der Waals surface area contributed by atoms with Crippen LogP contribution < -0.4 is 4.40 Å². The second-order valence-electron chi connectivity index (χ2n) is 6.87. The fourth-order valence-corrected chi connectivity index (χ4v) is 3.93. The van der Waals surface area contributed by atoms with Gasteiger partial charge in [0.2, 0.25) is 0 Å². The fraction of sp³-hybridized carbons (Fsp3) is 0. The van der Waals surface area contributed by atoms with Crippen LogP contribution in [0.2, 0.25) is 10.0 Å². The summed E-state index contributed by atoms with van der Waals surface area (Å²) in [5.41, 5.74) is 4.89. The van der Waals surface area contributed by atoms with E-state index in [0.717, 1.165) is 33.9 Å². The molecule has 5 aromatic rings. The van der Waals surface area contributed by atoms with Crippen LogP contribution in [0, 0.1) is 0 Å². The number of hydrogen-bond donors (Lipinski definition) is 1. The van der Waals surface area contributed by atoms with E-state index < -0.39 is 0 Å². The standard InChI is InChI=1S/C24H16Cl2N4/c25-19-11-12-20(21(26)13-19)22-15-29-23(18-9-5-2-6-10-18)16-30(24(29)28-22)27-14-17-7-3-1-4-8-17/h1-16H/p+1. The molecule has 2 aromatic heterocycles. The number of nitrogens with zero attached hydrogens (tertiary/aromatic N) is 3. The van der Waals surface area contributed by atoms with E-state index in [1.54, 1.807) is 6.07 Å². The first kappa shape index (κ1) is 18.7. The molecule has 5 rings (SSSR count). The lowest BCUT2D eigenvalue weighted by atomic mass is 10.1. The first-order valence-corrected chi connectivity index (χ1v) is 10.2. The predicted molar refractivity (Wildman–Crippen MR) is 122 cm³/mol. The van der Waals surface area contributed by atoms with Crippen LogP contribution in [0.15, 0.2) is 96.4 Å². The second-order valence-corrected chi connectivity index (χ2v) is 7.71. The van der Waals surface area contributed by atoms with E-state index in [1.807, 2.05) is 83.9 Å². The first-order valence-electron chi connectivity index (χ1n) is 9.45. The maximum atomic E-state index is 6.45. The molecule has 0 atom stereocenters. The van der Waals surface area contributed by atoms with Crippen molar-refractivity contribution in [2.24, 2.45) is 5.10 Å². The lowest BCUT2D eigenvalue weighted by Gasteiger charge is -1.99. The molecule has 0 saturated carbocycles. The van der Waals surface area contributed by atoms with Gasteiger partial charge in [-0.3, -0.25) is 0 Å². The van der Waals surface area contributed by atoms with Crippen LogP contribution >= 0.6 is 23.2 Å². The Balaban J connectivity index is 1.68. The van der Waals surface area contributed by atoms with E-state index >= 15 is 0 Å². The van der Waals surface area contributed by atoms with Crippen LogP contribution in [-0.4, -0.2) is 15.9 Å². The van der Waals surface area contributed by atoms with Crippen molar-refractivity contribution >= 4 is 35.2 Å². The van der Waals surface area contributed by atoms with Gasteiger partial charge in [0.1, 0.15) is 23.8 Å². The first-order chi connectivity index (χ1) is 14.7. The van der Waals surface area contributed by atoms with Crippen LogP contribution in [0.25, 0.3) is 28.3 Å². The highest BCUT2D eigenvalue weighted by Crippen LogP contribution is 2.30. The molecule has 0 aliphatic rings. The number of nitrogens with one attached hydrogen (secondary N) is 1. The van der Waals surface area contributed by atoms with E-state index in [4.69, 9.17) is 23.2 Å². The van der Waals surface area contributed by atoms with E-state index in [-0.39, 0.29) is 0 Å². The molecule has 1 N–H and O–H groups in total. The highest BCUT2D eigenvalue weighted by molar-refractivity contribution is 6.36. The Kier molecular flexibility index (Phi) is 4.87. The number of hydrogen-bond acceptors (Lipinski definition) is 1. The number of aromatic nitrogens is 3. The molecular weight excluding hydrogens is 415 g/mol. The van der Waals surface area contributed by atoms with E-state index in [1.165, 1.54) is 0 Å². The molecule has 0 radical (unpaired) electrons. The smallest absolute Gasteiger partial charge is 0.239 e. The average molecular weight is 432 g/mol. The molecule has 0 aliphatic carbocycles. The van der Waals surface area contributed by atoms with Gasteiger partial charge in [0.25, 0.3) is 0 Å². The van der Waals surface area contributed by atoms with Crippen molar-refractivity contribution in [3.8, 4) is 22.5 Å². The van der Waals surface area contributed by atoms with Crippen LogP contribution in [0.4, 0.5) is 0 Å².